The molecule has 0 bridgehead atoms. The van der Waals surface area contributed by atoms with Crippen molar-refractivity contribution in [1.29, 1.82) is 0 Å². The van der Waals surface area contributed by atoms with Gasteiger partial charge >= 0.3 is 5.97 Å². The molecule has 4 atom stereocenters. The summed E-state index contributed by atoms with van der Waals surface area (Å²) in [5, 5.41) is 3.41. The SMILES string of the molecule is COC(=O)c1ccc(N2C[C@@H]3[C@H](C2=O)[C@@H](c2cccc(Cl)c2F)[C@@]2(C(=O)Nc4cc(Cl)ccc42)N3CC2CC2)cc1. The van der Waals surface area contributed by atoms with Gasteiger partial charge in [-0.05, 0) is 66.8 Å². The van der Waals surface area contributed by atoms with Crippen LogP contribution in [0, 0.1) is 17.7 Å². The molecule has 0 unspecified atom stereocenters. The summed E-state index contributed by atoms with van der Waals surface area (Å²) >= 11 is 12.6. The van der Waals surface area contributed by atoms with Crippen molar-refractivity contribution in [2.45, 2.75) is 30.3 Å². The Hall–Kier alpha value is -3.46. The lowest BCUT2D eigenvalue weighted by Gasteiger charge is -2.41. The van der Waals surface area contributed by atoms with Gasteiger partial charge in [0, 0.05) is 47.0 Å². The molecule has 1 spiro atoms. The lowest BCUT2D eigenvalue weighted by molar-refractivity contribution is -0.128. The summed E-state index contributed by atoms with van der Waals surface area (Å²) in [5.74, 6) is -2.80. The second kappa shape index (κ2) is 9.54. The van der Waals surface area contributed by atoms with Crippen LogP contribution < -0.4 is 10.2 Å². The minimum absolute atomic E-state index is 0.0646. The fraction of sp³-hybridized carbons (Fsp3) is 0.323. The molecule has 3 aromatic rings. The van der Waals surface area contributed by atoms with Gasteiger partial charge in [-0.15, -0.1) is 0 Å². The number of hydrogen-bond donors (Lipinski definition) is 1. The van der Waals surface area contributed by atoms with Crippen LogP contribution in [0.5, 0.6) is 0 Å². The number of amides is 2. The highest BCUT2D eigenvalue weighted by Gasteiger charge is 2.71. The van der Waals surface area contributed by atoms with Crippen LogP contribution in [0.25, 0.3) is 0 Å². The number of benzene rings is 3. The third-order valence-electron chi connectivity index (χ3n) is 9.05. The van der Waals surface area contributed by atoms with E-state index >= 15 is 4.39 Å². The molecule has 4 aliphatic rings. The maximum Gasteiger partial charge on any atom is 0.337 e. The average Bonchev–Trinajstić information content (AvgIpc) is 3.59. The molecule has 3 aromatic carbocycles. The average molecular weight is 594 g/mol. The molecule has 1 aliphatic carbocycles. The van der Waals surface area contributed by atoms with Gasteiger partial charge in [-0.1, -0.05) is 41.4 Å². The normalized spacial score (nSPS) is 26.8. The number of anilines is 2. The van der Waals surface area contributed by atoms with Crippen molar-refractivity contribution in [2.75, 3.05) is 30.4 Å². The van der Waals surface area contributed by atoms with E-state index in [1.807, 2.05) is 6.07 Å². The molecule has 0 aromatic heterocycles. The zero-order valence-electron chi connectivity index (χ0n) is 22.1. The summed E-state index contributed by atoms with van der Waals surface area (Å²) in [6, 6.07) is 16.3. The van der Waals surface area contributed by atoms with Gasteiger partial charge in [-0.2, -0.15) is 0 Å². The number of hydrogen-bond acceptors (Lipinski definition) is 5. The molecular weight excluding hydrogens is 568 g/mol. The van der Waals surface area contributed by atoms with E-state index in [1.165, 1.54) is 13.2 Å². The summed E-state index contributed by atoms with van der Waals surface area (Å²) in [4.78, 5) is 44.5. The number of fused-ring (bicyclic) bond motifs is 3. The summed E-state index contributed by atoms with van der Waals surface area (Å²) in [7, 11) is 1.31. The minimum Gasteiger partial charge on any atom is -0.465 e. The van der Waals surface area contributed by atoms with Crippen molar-refractivity contribution in [3.63, 3.8) is 0 Å². The van der Waals surface area contributed by atoms with Crippen molar-refractivity contribution in [2.24, 2.45) is 11.8 Å². The zero-order valence-corrected chi connectivity index (χ0v) is 23.6. The fourth-order valence-electron chi connectivity index (χ4n) is 7.14. The first kappa shape index (κ1) is 26.4. The van der Waals surface area contributed by atoms with Gasteiger partial charge in [0.2, 0.25) is 11.8 Å². The van der Waals surface area contributed by atoms with Crippen molar-refractivity contribution < 1.29 is 23.5 Å². The van der Waals surface area contributed by atoms with Gasteiger partial charge in [0.1, 0.15) is 11.4 Å². The lowest BCUT2D eigenvalue weighted by atomic mass is 9.71. The number of ether oxygens (including phenoxy) is 1. The maximum atomic E-state index is 15.9. The molecule has 2 amide bonds. The highest BCUT2D eigenvalue weighted by molar-refractivity contribution is 6.31. The zero-order chi connectivity index (χ0) is 28.6. The van der Waals surface area contributed by atoms with Crippen molar-refractivity contribution >= 4 is 52.4 Å². The Morgan fingerprint density at radius 1 is 1.10 bits per heavy atom. The lowest BCUT2D eigenvalue weighted by Crippen LogP contribution is -2.54. The number of methoxy groups -OCH3 is 1. The van der Waals surface area contributed by atoms with Crippen LogP contribution in [-0.2, 0) is 19.9 Å². The van der Waals surface area contributed by atoms with Crippen molar-refractivity contribution in [1.82, 2.24) is 4.90 Å². The Balaban J connectivity index is 1.41. The summed E-state index contributed by atoms with van der Waals surface area (Å²) in [6.45, 7) is 0.905. The molecule has 3 fully saturated rings. The minimum atomic E-state index is -1.32. The third-order valence-corrected chi connectivity index (χ3v) is 9.58. The molecule has 0 radical (unpaired) electrons. The Morgan fingerprint density at radius 2 is 1.85 bits per heavy atom. The van der Waals surface area contributed by atoms with E-state index in [1.54, 1.807) is 53.4 Å². The number of rotatable bonds is 5. The van der Waals surface area contributed by atoms with E-state index in [2.05, 4.69) is 10.2 Å². The van der Waals surface area contributed by atoms with E-state index in [-0.39, 0.29) is 28.4 Å². The van der Waals surface area contributed by atoms with E-state index in [0.29, 0.717) is 46.5 Å². The molecule has 7 rings (SSSR count). The Kier molecular flexibility index (Phi) is 6.15. The number of nitrogens with zero attached hydrogens (tertiary/aromatic N) is 2. The van der Waals surface area contributed by atoms with Gasteiger partial charge in [-0.3, -0.25) is 14.5 Å². The van der Waals surface area contributed by atoms with Crippen LogP contribution in [0.1, 0.15) is 40.2 Å². The number of carbonyl (C=O) groups excluding carboxylic acids is 3. The summed E-state index contributed by atoms with van der Waals surface area (Å²) < 4.78 is 20.8. The molecule has 1 saturated carbocycles. The van der Waals surface area contributed by atoms with E-state index in [9.17, 15) is 14.4 Å². The van der Waals surface area contributed by atoms with Crippen LogP contribution in [0.3, 0.4) is 0 Å². The van der Waals surface area contributed by atoms with E-state index in [4.69, 9.17) is 27.9 Å². The molecule has 2 saturated heterocycles. The van der Waals surface area contributed by atoms with Gasteiger partial charge in [0.15, 0.2) is 0 Å². The quantitative estimate of drug-likeness (QED) is 0.389. The highest BCUT2D eigenvalue weighted by atomic mass is 35.5. The topological polar surface area (TPSA) is 78.9 Å². The van der Waals surface area contributed by atoms with Crippen LogP contribution >= 0.6 is 23.2 Å². The number of nitrogens with one attached hydrogen (secondary N) is 1. The fourth-order valence-corrected chi connectivity index (χ4v) is 7.50. The molecule has 3 heterocycles. The standard InChI is InChI=1S/C31H26Cl2FN3O4/c1-41-29(39)17-7-10-19(11-8-17)36-15-24-25(28(36)38)26(20-3-2-4-22(33)27(20)34)31(37(24)14-16-5-6-16)21-12-9-18(32)13-23(21)35-30(31)40/h2-4,7-13,16,24-26H,5-6,14-15H2,1H3,(H,35,40)/t24-,25+,26-,31+/m1/s1. The Morgan fingerprint density at radius 3 is 2.56 bits per heavy atom. The van der Waals surface area contributed by atoms with Crippen LogP contribution in [0.15, 0.2) is 60.7 Å². The largest absolute Gasteiger partial charge is 0.465 e. The van der Waals surface area contributed by atoms with Gasteiger partial charge in [-0.25, -0.2) is 9.18 Å². The number of esters is 1. The van der Waals surface area contributed by atoms with Gasteiger partial charge in [0.25, 0.3) is 0 Å². The van der Waals surface area contributed by atoms with Crippen LogP contribution in [-0.4, -0.2) is 48.9 Å². The number of likely N-dealkylation sites (tertiary alicyclic amines) is 1. The second-order valence-electron chi connectivity index (χ2n) is 11.2. The predicted octanol–water partition coefficient (Wildman–Crippen LogP) is 5.61. The Bertz CT molecular complexity index is 1610. The molecular formula is C31H26Cl2FN3O4. The van der Waals surface area contributed by atoms with Crippen LogP contribution in [0.4, 0.5) is 15.8 Å². The van der Waals surface area contributed by atoms with Crippen molar-refractivity contribution in [3.8, 4) is 0 Å². The van der Waals surface area contributed by atoms with Crippen molar-refractivity contribution in [3.05, 3.63) is 93.2 Å². The molecule has 41 heavy (non-hydrogen) atoms. The number of halogens is 3. The molecule has 1 N–H and O–H groups in total. The first-order valence-electron chi connectivity index (χ1n) is 13.6. The molecule has 10 heteroatoms. The molecule has 3 aliphatic heterocycles. The van der Waals surface area contributed by atoms with Crippen LogP contribution in [0.2, 0.25) is 10.0 Å². The van der Waals surface area contributed by atoms with Gasteiger partial charge < -0.3 is 15.0 Å². The van der Waals surface area contributed by atoms with Gasteiger partial charge in [0.05, 0.1) is 23.6 Å². The second-order valence-corrected chi connectivity index (χ2v) is 12.1. The third kappa shape index (κ3) is 3.84. The Labute approximate surface area is 246 Å². The molecule has 7 nitrogen and oxygen atoms in total. The van der Waals surface area contributed by atoms with E-state index in [0.717, 1.165) is 12.8 Å². The monoisotopic (exact) mass is 593 g/mol. The summed E-state index contributed by atoms with van der Waals surface area (Å²) in [5.41, 5.74) is 1.16. The predicted molar refractivity (Wildman–Crippen MR) is 153 cm³/mol. The van der Waals surface area contributed by atoms with E-state index < -0.39 is 29.2 Å². The number of carbonyl (C=O) groups is 3. The first-order valence-corrected chi connectivity index (χ1v) is 14.3. The smallest absolute Gasteiger partial charge is 0.337 e. The maximum absolute atomic E-state index is 15.9. The first-order chi connectivity index (χ1) is 19.7. The summed E-state index contributed by atoms with van der Waals surface area (Å²) in [6.07, 6.45) is 2.06. The molecule has 210 valence electrons. The highest BCUT2D eigenvalue weighted by Crippen LogP contribution is 2.62.